The lowest BCUT2D eigenvalue weighted by atomic mass is 9.94. The Morgan fingerprint density at radius 1 is 1.20 bits per heavy atom. The van der Waals surface area contributed by atoms with Crippen LogP contribution in [0.15, 0.2) is 36.4 Å². The third-order valence-electron chi connectivity index (χ3n) is 5.36. The Bertz CT molecular complexity index is 1050. The van der Waals surface area contributed by atoms with Crippen molar-refractivity contribution in [3.63, 3.8) is 0 Å². The second kappa shape index (κ2) is 9.41. The number of carboxylic acid groups (broad SMARTS) is 1. The number of halogens is 2. The Labute approximate surface area is 189 Å². The first-order valence-electron chi connectivity index (χ1n) is 9.92. The summed E-state index contributed by atoms with van der Waals surface area (Å²) in [5.74, 6) is 0.276. The summed E-state index contributed by atoms with van der Waals surface area (Å²) < 4.78 is 6.98. The molecular weight excluding hydrogens is 443 g/mol. The molecule has 1 N–H and O–H groups in total. The zero-order valence-electron chi connectivity index (χ0n) is 16.3. The van der Waals surface area contributed by atoms with E-state index >= 15 is 0 Å². The maximum absolute atomic E-state index is 10.9. The van der Waals surface area contributed by atoms with Crippen LogP contribution >= 0.6 is 34.5 Å². The monoisotopic (exact) mass is 464 g/mol. The van der Waals surface area contributed by atoms with Gasteiger partial charge in [-0.05, 0) is 61.1 Å². The molecule has 4 rings (SSSR count). The fraction of sp³-hybridized carbons (Fsp3) is 0.364. The van der Waals surface area contributed by atoms with Crippen LogP contribution in [0.4, 0.5) is 5.13 Å². The van der Waals surface area contributed by atoms with E-state index in [1.807, 2.05) is 18.2 Å². The van der Waals surface area contributed by atoms with Crippen molar-refractivity contribution < 1.29 is 14.6 Å². The van der Waals surface area contributed by atoms with E-state index in [9.17, 15) is 4.79 Å². The third kappa shape index (κ3) is 5.17. The van der Waals surface area contributed by atoms with Gasteiger partial charge in [0.2, 0.25) is 0 Å². The summed E-state index contributed by atoms with van der Waals surface area (Å²) in [7, 11) is 0. The second-order valence-corrected chi connectivity index (χ2v) is 9.36. The van der Waals surface area contributed by atoms with E-state index in [1.165, 1.54) is 0 Å². The number of rotatable bonds is 7. The predicted molar refractivity (Wildman–Crippen MR) is 122 cm³/mol. The maximum atomic E-state index is 10.9. The number of thiazole rings is 1. The van der Waals surface area contributed by atoms with Crippen LogP contribution in [0.3, 0.4) is 0 Å². The fourth-order valence-corrected chi connectivity index (χ4v) is 5.18. The molecule has 2 aromatic carbocycles. The standard InChI is InChI=1S/C22H22Cl2N2O3S/c23-16-2-4-18-20(13-16)30-22(25-18)26-8-5-14(6-9-26)7-10-29-19-11-15(12-21(27)28)1-3-17(19)24/h1-4,11,13-14H,5-10,12H2,(H,27,28). The van der Waals surface area contributed by atoms with Gasteiger partial charge in [-0.1, -0.05) is 40.6 Å². The molecule has 0 unspecified atom stereocenters. The molecule has 1 aliphatic rings. The van der Waals surface area contributed by atoms with Crippen LogP contribution < -0.4 is 9.64 Å². The number of hydrogen-bond donors (Lipinski definition) is 1. The van der Waals surface area contributed by atoms with Crippen molar-refractivity contribution >= 4 is 55.9 Å². The van der Waals surface area contributed by atoms with E-state index in [0.29, 0.717) is 28.9 Å². The molecule has 0 bridgehead atoms. The molecule has 2 heterocycles. The molecule has 8 heteroatoms. The van der Waals surface area contributed by atoms with E-state index in [4.69, 9.17) is 38.0 Å². The van der Waals surface area contributed by atoms with Crippen molar-refractivity contribution in [2.45, 2.75) is 25.7 Å². The van der Waals surface area contributed by atoms with Gasteiger partial charge in [0.25, 0.3) is 0 Å². The largest absolute Gasteiger partial charge is 0.492 e. The molecule has 0 spiro atoms. The van der Waals surface area contributed by atoms with Crippen molar-refractivity contribution in [2.24, 2.45) is 5.92 Å². The molecule has 0 aliphatic carbocycles. The highest BCUT2D eigenvalue weighted by atomic mass is 35.5. The first kappa shape index (κ1) is 21.2. The van der Waals surface area contributed by atoms with Gasteiger partial charge in [-0.3, -0.25) is 4.79 Å². The van der Waals surface area contributed by atoms with Gasteiger partial charge < -0.3 is 14.7 Å². The third-order valence-corrected chi connectivity index (χ3v) is 6.99. The van der Waals surface area contributed by atoms with E-state index in [-0.39, 0.29) is 6.42 Å². The number of carbonyl (C=O) groups is 1. The molecule has 0 saturated carbocycles. The lowest BCUT2D eigenvalue weighted by Gasteiger charge is -2.31. The zero-order chi connectivity index (χ0) is 21.1. The fourth-order valence-electron chi connectivity index (χ4n) is 3.71. The van der Waals surface area contributed by atoms with Crippen molar-refractivity contribution in [2.75, 3.05) is 24.6 Å². The van der Waals surface area contributed by atoms with Crippen molar-refractivity contribution in [1.29, 1.82) is 0 Å². The van der Waals surface area contributed by atoms with Gasteiger partial charge in [0.15, 0.2) is 5.13 Å². The number of nitrogens with zero attached hydrogens (tertiary/aromatic N) is 2. The summed E-state index contributed by atoms with van der Waals surface area (Å²) in [6, 6.07) is 11.0. The minimum atomic E-state index is -0.869. The Hall–Kier alpha value is -2.02. The van der Waals surface area contributed by atoms with Gasteiger partial charge >= 0.3 is 5.97 Å². The maximum Gasteiger partial charge on any atom is 0.307 e. The van der Waals surface area contributed by atoms with Crippen LogP contribution in [-0.4, -0.2) is 35.8 Å². The van der Waals surface area contributed by atoms with E-state index in [0.717, 1.165) is 52.7 Å². The van der Waals surface area contributed by atoms with Gasteiger partial charge in [-0.25, -0.2) is 4.98 Å². The molecule has 1 fully saturated rings. The van der Waals surface area contributed by atoms with Gasteiger partial charge in [0, 0.05) is 18.1 Å². The van der Waals surface area contributed by atoms with E-state index < -0.39 is 5.97 Å². The summed E-state index contributed by atoms with van der Waals surface area (Å²) in [4.78, 5) is 18.0. The van der Waals surface area contributed by atoms with Gasteiger partial charge in [-0.2, -0.15) is 0 Å². The molecule has 3 aromatic rings. The highest BCUT2D eigenvalue weighted by Gasteiger charge is 2.22. The number of benzene rings is 2. The summed E-state index contributed by atoms with van der Waals surface area (Å²) in [6.07, 6.45) is 3.09. The molecule has 1 saturated heterocycles. The number of ether oxygens (including phenoxy) is 1. The highest BCUT2D eigenvalue weighted by molar-refractivity contribution is 7.22. The van der Waals surface area contributed by atoms with Crippen molar-refractivity contribution in [3.05, 3.63) is 52.0 Å². The summed E-state index contributed by atoms with van der Waals surface area (Å²) in [5, 5.41) is 11.3. The number of carboxylic acids is 1. The first-order valence-corrected chi connectivity index (χ1v) is 11.5. The highest BCUT2D eigenvalue weighted by Crippen LogP contribution is 2.33. The summed E-state index contributed by atoms with van der Waals surface area (Å²) in [6.45, 7) is 2.53. The number of aromatic nitrogens is 1. The lowest BCUT2D eigenvalue weighted by Crippen LogP contribution is -2.34. The van der Waals surface area contributed by atoms with Crippen LogP contribution in [0.25, 0.3) is 10.2 Å². The Kier molecular flexibility index (Phi) is 6.66. The average Bonchev–Trinajstić information content (AvgIpc) is 3.13. The molecular formula is C22H22Cl2N2O3S. The van der Waals surface area contributed by atoms with Crippen molar-refractivity contribution in [3.8, 4) is 5.75 Å². The number of aliphatic carboxylic acids is 1. The molecule has 0 atom stereocenters. The number of fused-ring (bicyclic) bond motifs is 1. The number of piperidine rings is 1. The topological polar surface area (TPSA) is 62.7 Å². The molecule has 1 aliphatic heterocycles. The molecule has 1 aromatic heterocycles. The van der Waals surface area contributed by atoms with Crippen LogP contribution in [0.2, 0.25) is 10.0 Å². The normalized spacial score (nSPS) is 14.9. The van der Waals surface area contributed by atoms with Crippen molar-refractivity contribution in [1.82, 2.24) is 4.98 Å². The van der Waals surface area contributed by atoms with E-state index in [2.05, 4.69) is 4.90 Å². The SMILES string of the molecule is O=C(O)Cc1ccc(Cl)c(OCCC2CCN(c3nc4ccc(Cl)cc4s3)CC2)c1. The zero-order valence-corrected chi connectivity index (χ0v) is 18.6. The first-order chi connectivity index (χ1) is 14.5. The van der Waals surface area contributed by atoms with Gasteiger partial charge in [-0.15, -0.1) is 0 Å². The minimum absolute atomic E-state index is 0.0377. The summed E-state index contributed by atoms with van der Waals surface area (Å²) >= 11 is 14.0. The Morgan fingerprint density at radius 3 is 2.77 bits per heavy atom. The Balaban J connectivity index is 1.27. The quantitative estimate of drug-likeness (QED) is 0.470. The smallest absolute Gasteiger partial charge is 0.307 e. The van der Waals surface area contributed by atoms with Crippen LogP contribution in [0, 0.1) is 5.92 Å². The molecule has 0 radical (unpaired) electrons. The van der Waals surface area contributed by atoms with Crippen LogP contribution in [0.5, 0.6) is 5.75 Å². The summed E-state index contributed by atoms with van der Waals surface area (Å²) in [5.41, 5.74) is 1.68. The van der Waals surface area contributed by atoms with Gasteiger partial charge in [0.05, 0.1) is 28.3 Å². The van der Waals surface area contributed by atoms with Crippen LogP contribution in [-0.2, 0) is 11.2 Å². The lowest BCUT2D eigenvalue weighted by molar-refractivity contribution is -0.136. The molecule has 0 amide bonds. The molecule has 30 heavy (non-hydrogen) atoms. The molecule has 5 nitrogen and oxygen atoms in total. The minimum Gasteiger partial charge on any atom is -0.492 e. The molecule has 158 valence electrons. The Morgan fingerprint density at radius 2 is 2.00 bits per heavy atom. The van der Waals surface area contributed by atoms with Crippen LogP contribution in [0.1, 0.15) is 24.8 Å². The van der Waals surface area contributed by atoms with E-state index in [1.54, 1.807) is 29.5 Å². The van der Waals surface area contributed by atoms with Gasteiger partial charge in [0.1, 0.15) is 5.75 Å². The predicted octanol–water partition coefficient (Wildman–Crippen LogP) is 5.92. The second-order valence-electron chi connectivity index (χ2n) is 7.51. The average molecular weight is 465 g/mol. The number of anilines is 1. The number of hydrogen-bond acceptors (Lipinski definition) is 5.